The standard InChI is InChI=1S/C14H19N3O3/c18-12(16-14(13(19)20)7-3-8-14)11-6-9-15-17(11)10-4-1-2-5-10/h6,9-10H,1-5,7-8H2,(H,16,18)(H,19,20). The van der Waals surface area contributed by atoms with Crippen molar-refractivity contribution >= 4 is 11.9 Å². The quantitative estimate of drug-likeness (QED) is 0.878. The minimum atomic E-state index is -1.07. The molecule has 2 aliphatic rings. The number of carbonyl (C=O) groups excluding carboxylic acids is 1. The third-order valence-corrected chi connectivity index (χ3v) is 4.54. The highest BCUT2D eigenvalue weighted by Crippen LogP contribution is 2.33. The molecule has 1 aromatic rings. The number of amides is 1. The summed E-state index contributed by atoms with van der Waals surface area (Å²) in [6, 6.07) is 1.94. The Morgan fingerprint density at radius 1 is 1.30 bits per heavy atom. The molecule has 0 unspecified atom stereocenters. The Bertz CT molecular complexity index is 528. The van der Waals surface area contributed by atoms with Crippen molar-refractivity contribution in [2.45, 2.75) is 56.5 Å². The summed E-state index contributed by atoms with van der Waals surface area (Å²) in [6.07, 6.45) is 7.85. The van der Waals surface area contributed by atoms with Crippen molar-refractivity contribution in [3.63, 3.8) is 0 Å². The van der Waals surface area contributed by atoms with E-state index in [0.717, 1.165) is 32.1 Å². The van der Waals surface area contributed by atoms with Crippen LogP contribution in [0, 0.1) is 0 Å². The number of carboxylic acids is 1. The molecule has 0 spiro atoms. The molecule has 1 aromatic heterocycles. The predicted octanol–water partition coefficient (Wildman–Crippen LogP) is 1.74. The highest BCUT2D eigenvalue weighted by Gasteiger charge is 2.46. The highest BCUT2D eigenvalue weighted by atomic mass is 16.4. The normalized spacial score (nSPS) is 21.4. The Morgan fingerprint density at radius 3 is 2.55 bits per heavy atom. The zero-order valence-electron chi connectivity index (χ0n) is 11.3. The third-order valence-electron chi connectivity index (χ3n) is 4.54. The van der Waals surface area contributed by atoms with Gasteiger partial charge in [0.1, 0.15) is 11.2 Å². The number of nitrogens with one attached hydrogen (secondary N) is 1. The van der Waals surface area contributed by atoms with Crippen molar-refractivity contribution in [2.75, 3.05) is 0 Å². The maximum atomic E-state index is 12.4. The molecule has 2 saturated carbocycles. The van der Waals surface area contributed by atoms with Crippen LogP contribution in [0.25, 0.3) is 0 Å². The molecule has 20 heavy (non-hydrogen) atoms. The van der Waals surface area contributed by atoms with Gasteiger partial charge < -0.3 is 10.4 Å². The van der Waals surface area contributed by atoms with Crippen molar-refractivity contribution in [3.8, 4) is 0 Å². The Morgan fingerprint density at radius 2 is 2.00 bits per heavy atom. The monoisotopic (exact) mass is 277 g/mol. The molecule has 0 aromatic carbocycles. The van der Waals surface area contributed by atoms with Gasteiger partial charge in [-0.3, -0.25) is 9.48 Å². The van der Waals surface area contributed by atoms with Crippen molar-refractivity contribution in [3.05, 3.63) is 18.0 Å². The van der Waals surface area contributed by atoms with Crippen LogP contribution in [-0.4, -0.2) is 32.3 Å². The first-order chi connectivity index (χ1) is 9.62. The summed E-state index contributed by atoms with van der Waals surface area (Å²) in [6.45, 7) is 0. The fraction of sp³-hybridized carbons (Fsp3) is 0.643. The third kappa shape index (κ3) is 2.09. The number of hydrogen-bond donors (Lipinski definition) is 2. The van der Waals surface area contributed by atoms with Gasteiger partial charge in [-0.1, -0.05) is 12.8 Å². The lowest BCUT2D eigenvalue weighted by Crippen LogP contribution is -2.59. The molecule has 1 amide bonds. The number of rotatable bonds is 4. The second-order valence-corrected chi connectivity index (χ2v) is 5.79. The molecule has 0 atom stereocenters. The van der Waals surface area contributed by atoms with Crippen molar-refractivity contribution in [2.24, 2.45) is 0 Å². The average molecular weight is 277 g/mol. The van der Waals surface area contributed by atoms with Crippen molar-refractivity contribution < 1.29 is 14.7 Å². The molecule has 6 nitrogen and oxygen atoms in total. The van der Waals surface area contributed by atoms with Crippen LogP contribution in [-0.2, 0) is 4.79 Å². The molecule has 6 heteroatoms. The van der Waals surface area contributed by atoms with Gasteiger partial charge in [-0.25, -0.2) is 4.79 Å². The number of nitrogens with zero attached hydrogens (tertiary/aromatic N) is 2. The van der Waals surface area contributed by atoms with Crippen LogP contribution in [0.5, 0.6) is 0 Å². The van der Waals surface area contributed by atoms with Gasteiger partial charge in [0, 0.05) is 6.20 Å². The summed E-state index contributed by atoms with van der Waals surface area (Å²) in [5, 5.41) is 16.2. The first-order valence-corrected chi connectivity index (χ1v) is 7.22. The lowest BCUT2D eigenvalue weighted by Gasteiger charge is -2.38. The molecule has 2 N–H and O–H groups in total. The fourth-order valence-corrected chi connectivity index (χ4v) is 3.14. The second kappa shape index (κ2) is 4.92. The largest absolute Gasteiger partial charge is 0.480 e. The minimum absolute atomic E-state index is 0.271. The van der Waals surface area contributed by atoms with E-state index < -0.39 is 11.5 Å². The molecule has 0 aliphatic heterocycles. The van der Waals surface area contributed by atoms with Gasteiger partial charge >= 0.3 is 5.97 Å². The van der Waals surface area contributed by atoms with Crippen LogP contribution in [0.15, 0.2) is 12.3 Å². The fourth-order valence-electron chi connectivity index (χ4n) is 3.14. The number of hydrogen-bond acceptors (Lipinski definition) is 3. The molecule has 1 heterocycles. The van der Waals surface area contributed by atoms with E-state index in [2.05, 4.69) is 10.4 Å². The summed E-state index contributed by atoms with van der Waals surface area (Å²) in [5.41, 5.74) is -0.591. The Kier molecular flexibility index (Phi) is 3.23. The van der Waals surface area contributed by atoms with Gasteiger partial charge in [-0.15, -0.1) is 0 Å². The second-order valence-electron chi connectivity index (χ2n) is 5.79. The molecule has 2 aliphatic carbocycles. The number of aromatic nitrogens is 2. The maximum Gasteiger partial charge on any atom is 0.329 e. The van der Waals surface area contributed by atoms with E-state index in [1.54, 1.807) is 16.9 Å². The first-order valence-electron chi connectivity index (χ1n) is 7.22. The van der Waals surface area contributed by atoms with Gasteiger partial charge in [-0.2, -0.15) is 5.10 Å². The van der Waals surface area contributed by atoms with E-state index in [1.807, 2.05) is 0 Å². The van der Waals surface area contributed by atoms with Crippen molar-refractivity contribution in [1.29, 1.82) is 0 Å². The summed E-state index contributed by atoms with van der Waals surface area (Å²) < 4.78 is 1.76. The van der Waals surface area contributed by atoms with Crippen LogP contribution in [0.3, 0.4) is 0 Å². The SMILES string of the molecule is O=C(NC1(C(=O)O)CCC1)c1ccnn1C1CCCC1. The summed E-state index contributed by atoms with van der Waals surface area (Å²) >= 11 is 0. The average Bonchev–Trinajstić information content (AvgIpc) is 3.01. The molecule has 0 saturated heterocycles. The van der Waals surface area contributed by atoms with Gasteiger partial charge in [-0.05, 0) is 38.2 Å². The number of carboxylic acid groups (broad SMARTS) is 1. The molecule has 3 rings (SSSR count). The zero-order valence-corrected chi connectivity index (χ0v) is 11.3. The molecular formula is C14H19N3O3. The van der Waals surface area contributed by atoms with E-state index in [0.29, 0.717) is 18.5 Å². The van der Waals surface area contributed by atoms with Gasteiger partial charge in [0.2, 0.25) is 0 Å². The molecule has 0 bridgehead atoms. The summed E-state index contributed by atoms with van der Waals surface area (Å²) in [7, 11) is 0. The van der Waals surface area contributed by atoms with E-state index in [-0.39, 0.29) is 11.9 Å². The summed E-state index contributed by atoms with van der Waals surface area (Å²) in [4.78, 5) is 23.7. The molecule has 0 radical (unpaired) electrons. The van der Waals surface area contributed by atoms with Crippen LogP contribution < -0.4 is 5.32 Å². The molecular weight excluding hydrogens is 258 g/mol. The topological polar surface area (TPSA) is 84.2 Å². The molecule has 2 fully saturated rings. The van der Waals surface area contributed by atoms with E-state index in [9.17, 15) is 14.7 Å². The lowest BCUT2D eigenvalue weighted by molar-refractivity contribution is -0.148. The summed E-state index contributed by atoms with van der Waals surface area (Å²) in [5.74, 6) is -1.26. The Hall–Kier alpha value is -1.85. The van der Waals surface area contributed by atoms with E-state index in [4.69, 9.17) is 0 Å². The van der Waals surface area contributed by atoms with E-state index >= 15 is 0 Å². The van der Waals surface area contributed by atoms with Crippen molar-refractivity contribution in [1.82, 2.24) is 15.1 Å². The number of aliphatic carboxylic acids is 1. The van der Waals surface area contributed by atoms with Gasteiger partial charge in [0.15, 0.2) is 0 Å². The first kappa shape index (κ1) is 13.1. The van der Waals surface area contributed by atoms with Crippen LogP contribution in [0.1, 0.15) is 61.5 Å². The Balaban J connectivity index is 1.77. The number of carbonyl (C=O) groups is 2. The smallest absolute Gasteiger partial charge is 0.329 e. The Labute approximate surface area is 117 Å². The van der Waals surface area contributed by atoms with Crippen LogP contribution in [0.2, 0.25) is 0 Å². The lowest BCUT2D eigenvalue weighted by atomic mass is 9.76. The van der Waals surface area contributed by atoms with Gasteiger partial charge in [0.25, 0.3) is 5.91 Å². The van der Waals surface area contributed by atoms with Crippen LogP contribution >= 0.6 is 0 Å². The predicted molar refractivity (Wildman–Crippen MR) is 71.4 cm³/mol. The highest BCUT2D eigenvalue weighted by molar-refractivity contribution is 5.97. The molecule has 108 valence electrons. The van der Waals surface area contributed by atoms with Gasteiger partial charge in [0.05, 0.1) is 6.04 Å². The van der Waals surface area contributed by atoms with Crippen LogP contribution in [0.4, 0.5) is 0 Å². The van der Waals surface area contributed by atoms with E-state index in [1.165, 1.54) is 0 Å². The zero-order chi connectivity index (χ0) is 14.2. The minimum Gasteiger partial charge on any atom is -0.480 e. The maximum absolute atomic E-state index is 12.4.